The number of fused-ring (bicyclic) bond motifs is 5. The average Bonchev–Trinajstić information content (AvgIpc) is 3.26. The van der Waals surface area contributed by atoms with Crippen LogP contribution < -0.4 is 5.32 Å². The Hall–Kier alpha value is -3.03. The number of allylic oxidation sites excluding steroid dienone is 2. The molecule has 1 aromatic rings. The van der Waals surface area contributed by atoms with Crippen LogP contribution in [0.2, 0.25) is 0 Å². The van der Waals surface area contributed by atoms with Crippen molar-refractivity contribution in [3.8, 4) is 0 Å². The molecular weight excluding hydrogens is 338 g/mol. The molecule has 0 spiro atoms. The van der Waals surface area contributed by atoms with Crippen LogP contribution in [0, 0.1) is 40.7 Å². The fraction of sp³-hybridized carbons (Fsp3) is 0.389. The van der Waals surface area contributed by atoms with Gasteiger partial charge in [-0.05, 0) is 36.8 Å². The number of nitrogens with one attached hydrogen (secondary N) is 1. The zero-order chi connectivity index (χ0) is 18.6. The second-order valence-corrected chi connectivity index (χ2v) is 7.07. The summed E-state index contributed by atoms with van der Waals surface area (Å²) < 4.78 is 0. The van der Waals surface area contributed by atoms with Crippen molar-refractivity contribution in [2.24, 2.45) is 23.7 Å². The second kappa shape index (κ2) is 5.76. The van der Waals surface area contributed by atoms with Crippen molar-refractivity contribution < 1.29 is 19.3 Å². The van der Waals surface area contributed by atoms with Crippen molar-refractivity contribution in [2.75, 3.05) is 11.9 Å². The fourth-order valence-corrected chi connectivity index (χ4v) is 4.35. The molecule has 1 aromatic carbocycles. The zero-order valence-electron chi connectivity index (χ0n) is 14.0. The van der Waals surface area contributed by atoms with E-state index in [0.29, 0.717) is 11.3 Å². The molecule has 4 atom stereocenters. The Morgan fingerprint density at radius 3 is 2.38 bits per heavy atom. The predicted molar refractivity (Wildman–Crippen MR) is 90.9 cm³/mol. The van der Waals surface area contributed by atoms with Gasteiger partial charge in [-0.3, -0.25) is 29.4 Å². The first-order valence-electron chi connectivity index (χ1n) is 8.45. The van der Waals surface area contributed by atoms with E-state index in [1.54, 1.807) is 6.92 Å². The number of rotatable bonds is 4. The first kappa shape index (κ1) is 16.4. The number of nitrogens with zero attached hydrogens (tertiary/aromatic N) is 2. The van der Waals surface area contributed by atoms with E-state index in [1.165, 1.54) is 18.2 Å². The predicted octanol–water partition coefficient (Wildman–Crippen LogP) is 1.65. The molecule has 0 radical (unpaired) electrons. The standard InChI is InChI=1S/C18H17N3O5/c1-9-6-12(21(25)26)4-5-13(9)19-14(22)8-20-17(23)15-10-2-3-11(7-10)16(15)18(20)24/h2-6,10-11,15-16H,7-8H2,1H3,(H,19,22)/t10-,11-,15+,16+/m0/s1. The van der Waals surface area contributed by atoms with Gasteiger partial charge in [0.25, 0.3) is 5.69 Å². The molecule has 1 aliphatic heterocycles. The van der Waals surface area contributed by atoms with Crippen molar-refractivity contribution in [3.05, 3.63) is 46.0 Å². The number of likely N-dealkylation sites (tertiary alicyclic amines) is 1. The Bertz CT molecular complexity index is 848. The fourth-order valence-electron chi connectivity index (χ4n) is 4.35. The number of anilines is 1. The second-order valence-electron chi connectivity index (χ2n) is 7.07. The van der Waals surface area contributed by atoms with Crippen molar-refractivity contribution in [1.29, 1.82) is 0 Å². The van der Waals surface area contributed by atoms with Crippen LogP contribution in [0.5, 0.6) is 0 Å². The molecule has 1 N–H and O–H groups in total. The number of hydrogen-bond acceptors (Lipinski definition) is 5. The summed E-state index contributed by atoms with van der Waals surface area (Å²) in [6, 6.07) is 4.09. The van der Waals surface area contributed by atoms with Crippen molar-refractivity contribution in [3.63, 3.8) is 0 Å². The topological polar surface area (TPSA) is 110 Å². The molecule has 3 amide bonds. The van der Waals surface area contributed by atoms with E-state index in [4.69, 9.17) is 0 Å². The summed E-state index contributed by atoms with van der Waals surface area (Å²) in [6.07, 6.45) is 4.84. The highest BCUT2D eigenvalue weighted by molar-refractivity contribution is 6.09. The lowest BCUT2D eigenvalue weighted by Gasteiger charge is -2.17. The third kappa shape index (κ3) is 2.40. The Labute approximate surface area is 149 Å². The van der Waals surface area contributed by atoms with Gasteiger partial charge in [0.1, 0.15) is 6.54 Å². The van der Waals surface area contributed by atoms with Crippen LogP contribution in [0.25, 0.3) is 0 Å². The Morgan fingerprint density at radius 1 is 1.23 bits per heavy atom. The summed E-state index contributed by atoms with van der Waals surface area (Å²) in [5.74, 6) is -1.49. The number of non-ortho nitro benzene ring substituents is 1. The van der Waals surface area contributed by atoms with Crippen LogP contribution in [-0.2, 0) is 14.4 Å². The molecule has 134 valence electrons. The molecule has 3 aliphatic rings. The minimum absolute atomic E-state index is 0.0683. The quantitative estimate of drug-likeness (QED) is 0.382. The van der Waals surface area contributed by atoms with E-state index >= 15 is 0 Å². The molecule has 2 fully saturated rings. The summed E-state index contributed by atoms with van der Waals surface area (Å²) in [5, 5.41) is 13.4. The van der Waals surface area contributed by atoms with Crippen molar-refractivity contribution in [2.45, 2.75) is 13.3 Å². The van der Waals surface area contributed by atoms with E-state index in [-0.39, 0.29) is 47.7 Å². The van der Waals surface area contributed by atoms with Gasteiger partial charge in [0.05, 0.1) is 16.8 Å². The maximum Gasteiger partial charge on any atom is 0.269 e. The van der Waals surface area contributed by atoms with Gasteiger partial charge in [0.2, 0.25) is 17.7 Å². The first-order chi connectivity index (χ1) is 12.4. The number of hydrogen-bond donors (Lipinski definition) is 1. The van der Waals surface area contributed by atoms with E-state index in [0.717, 1.165) is 11.3 Å². The van der Waals surface area contributed by atoms with Gasteiger partial charge in [0.15, 0.2) is 0 Å². The highest BCUT2D eigenvalue weighted by atomic mass is 16.6. The summed E-state index contributed by atoms with van der Waals surface area (Å²) in [7, 11) is 0. The maximum atomic E-state index is 12.6. The number of nitro benzene ring substituents is 1. The molecule has 1 heterocycles. The van der Waals surface area contributed by atoms with Crippen LogP contribution in [0.1, 0.15) is 12.0 Å². The van der Waals surface area contributed by atoms with Crippen LogP contribution in [0.3, 0.4) is 0 Å². The molecule has 1 saturated heterocycles. The summed E-state index contributed by atoms with van der Waals surface area (Å²) in [4.78, 5) is 48.8. The third-order valence-corrected chi connectivity index (χ3v) is 5.56. The minimum Gasteiger partial charge on any atom is -0.324 e. The molecule has 0 aromatic heterocycles. The van der Waals surface area contributed by atoms with E-state index in [9.17, 15) is 24.5 Å². The number of imide groups is 1. The average molecular weight is 355 g/mol. The molecule has 2 aliphatic carbocycles. The molecule has 2 bridgehead atoms. The lowest BCUT2D eigenvalue weighted by Crippen LogP contribution is -2.39. The highest BCUT2D eigenvalue weighted by Gasteiger charge is 2.59. The molecular formula is C18H17N3O5. The van der Waals surface area contributed by atoms with E-state index in [1.807, 2.05) is 12.2 Å². The van der Waals surface area contributed by atoms with Gasteiger partial charge in [-0.15, -0.1) is 0 Å². The van der Waals surface area contributed by atoms with Gasteiger partial charge in [0, 0.05) is 17.8 Å². The summed E-state index contributed by atoms with van der Waals surface area (Å²) in [6.45, 7) is 1.31. The van der Waals surface area contributed by atoms with Crippen LogP contribution >= 0.6 is 0 Å². The number of carbonyl (C=O) groups excluding carboxylic acids is 3. The first-order valence-corrected chi connectivity index (χ1v) is 8.45. The molecule has 0 unspecified atom stereocenters. The van der Waals surface area contributed by atoms with Crippen molar-refractivity contribution >= 4 is 29.1 Å². The summed E-state index contributed by atoms with van der Waals surface area (Å²) >= 11 is 0. The maximum absolute atomic E-state index is 12.6. The molecule has 8 nitrogen and oxygen atoms in total. The van der Waals surface area contributed by atoms with Gasteiger partial charge in [-0.1, -0.05) is 12.2 Å². The van der Waals surface area contributed by atoms with Gasteiger partial charge < -0.3 is 5.32 Å². The zero-order valence-corrected chi connectivity index (χ0v) is 14.0. The minimum atomic E-state index is -0.513. The smallest absolute Gasteiger partial charge is 0.269 e. The van der Waals surface area contributed by atoms with E-state index < -0.39 is 10.8 Å². The number of aryl methyl sites for hydroxylation is 1. The van der Waals surface area contributed by atoms with Crippen molar-refractivity contribution in [1.82, 2.24) is 4.90 Å². The molecule has 4 rings (SSSR count). The lowest BCUT2D eigenvalue weighted by atomic mass is 9.85. The number of nitro groups is 1. The molecule has 8 heteroatoms. The molecule has 26 heavy (non-hydrogen) atoms. The summed E-state index contributed by atoms with van der Waals surface area (Å²) in [5.41, 5.74) is 0.883. The van der Waals surface area contributed by atoms with Gasteiger partial charge in [-0.25, -0.2) is 0 Å². The van der Waals surface area contributed by atoms with E-state index in [2.05, 4.69) is 5.32 Å². The Balaban J connectivity index is 1.45. The normalized spacial score (nSPS) is 28.6. The Kier molecular flexibility index (Phi) is 3.64. The van der Waals surface area contributed by atoms with Gasteiger partial charge >= 0.3 is 0 Å². The highest BCUT2D eigenvalue weighted by Crippen LogP contribution is 2.52. The van der Waals surface area contributed by atoms with Gasteiger partial charge in [-0.2, -0.15) is 0 Å². The molecule has 1 saturated carbocycles. The lowest BCUT2D eigenvalue weighted by molar-refractivity contribution is -0.384. The largest absolute Gasteiger partial charge is 0.324 e. The SMILES string of the molecule is Cc1cc([N+](=O)[O-])ccc1NC(=O)CN1C(=O)[C@H]2[C@H](C1=O)[C@H]1C=C[C@H]2C1. The third-order valence-electron chi connectivity index (χ3n) is 5.56. The van der Waals surface area contributed by atoms with Crippen LogP contribution in [0.15, 0.2) is 30.4 Å². The number of carbonyl (C=O) groups is 3. The number of amides is 3. The Morgan fingerprint density at radius 2 is 1.85 bits per heavy atom. The van der Waals surface area contributed by atoms with Crippen LogP contribution in [-0.4, -0.2) is 34.1 Å². The van der Waals surface area contributed by atoms with Crippen LogP contribution in [0.4, 0.5) is 11.4 Å². The number of benzene rings is 1. The monoisotopic (exact) mass is 355 g/mol.